The van der Waals surface area contributed by atoms with E-state index < -0.39 is 0 Å². The van der Waals surface area contributed by atoms with Gasteiger partial charge in [-0.05, 0) is 55.0 Å². The van der Waals surface area contributed by atoms with Crippen molar-refractivity contribution in [2.24, 2.45) is 0 Å². The van der Waals surface area contributed by atoms with Crippen LogP contribution in [0.2, 0.25) is 0 Å². The summed E-state index contributed by atoms with van der Waals surface area (Å²) in [6.07, 6.45) is 5.94. The second-order valence-corrected chi connectivity index (χ2v) is 5.57. The molecule has 110 valence electrons. The molecule has 1 heteroatoms. The summed E-state index contributed by atoms with van der Waals surface area (Å²) < 4.78 is 5.43. The summed E-state index contributed by atoms with van der Waals surface area (Å²) in [7, 11) is 1.69. The molecule has 1 aliphatic carbocycles. The van der Waals surface area contributed by atoms with Crippen molar-refractivity contribution in [1.29, 1.82) is 0 Å². The zero-order chi connectivity index (χ0) is 15.4. The number of aryl methyl sites for hydroxylation is 1. The SMILES string of the molecule is COc1cccc(C)c1C#Cc1ccccc1C1=CCCC1. The van der Waals surface area contributed by atoms with Gasteiger partial charge in [0.25, 0.3) is 0 Å². The maximum atomic E-state index is 5.43. The van der Waals surface area contributed by atoms with Crippen molar-refractivity contribution in [3.05, 3.63) is 70.8 Å². The molecule has 0 atom stereocenters. The smallest absolute Gasteiger partial charge is 0.134 e. The maximum Gasteiger partial charge on any atom is 0.134 e. The van der Waals surface area contributed by atoms with E-state index in [-0.39, 0.29) is 0 Å². The summed E-state index contributed by atoms with van der Waals surface area (Å²) in [5.41, 5.74) is 5.92. The van der Waals surface area contributed by atoms with Gasteiger partial charge in [0.1, 0.15) is 5.75 Å². The van der Waals surface area contributed by atoms with E-state index in [4.69, 9.17) is 4.74 Å². The standard InChI is InChI=1S/C21H20O/c1-16-8-7-13-21(22-2)19(16)15-14-18-11-5-6-12-20(18)17-9-3-4-10-17/h5-9,11-13H,3-4,10H2,1-2H3. The summed E-state index contributed by atoms with van der Waals surface area (Å²) in [4.78, 5) is 0. The zero-order valence-corrected chi connectivity index (χ0v) is 13.1. The van der Waals surface area contributed by atoms with Gasteiger partial charge in [0.15, 0.2) is 0 Å². The van der Waals surface area contributed by atoms with Crippen LogP contribution in [-0.2, 0) is 0 Å². The maximum absolute atomic E-state index is 5.43. The molecule has 2 aromatic rings. The quantitative estimate of drug-likeness (QED) is 0.709. The summed E-state index contributed by atoms with van der Waals surface area (Å²) in [6, 6.07) is 14.5. The molecule has 22 heavy (non-hydrogen) atoms. The highest BCUT2D eigenvalue weighted by Gasteiger charge is 2.10. The molecule has 0 amide bonds. The lowest BCUT2D eigenvalue weighted by atomic mass is 9.99. The van der Waals surface area contributed by atoms with Crippen LogP contribution in [0.5, 0.6) is 5.75 Å². The van der Waals surface area contributed by atoms with E-state index in [1.54, 1.807) is 7.11 Å². The van der Waals surface area contributed by atoms with Gasteiger partial charge >= 0.3 is 0 Å². The summed E-state index contributed by atoms with van der Waals surface area (Å²) in [5.74, 6) is 7.50. The number of methoxy groups -OCH3 is 1. The predicted octanol–water partition coefficient (Wildman–Crippen LogP) is 4.97. The van der Waals surface area contributed by atoms with Crippen molar-refractivity contribution < 1.29 is 4.74 Å². The first-order valence-electron chi connectivity index (χ1n) is 7.73. The summed E-state index contributed by atoms with van der Waals surface area (Å²) in [5, 5.41) is 0. The number of hydrogen-bond acceptors (Lipinski definition) is 1. The van der Waals surface area contributed by atoms with Crippen molar-refractivity contribution in [2.75, 3.05) is 7.11 Å². The normalized spacial score (nSPS) is 13.3. The third kappa shape index (κ3) is 2.92. The fourth-order valence-corrected chi connectivity index (χ4v) is 2.89. The Hall–Kier alpha value is -2.46. The third-order valence-electron chi connectivity index (χ3n) is 4.09. The molecule has 0 bridgehead atoms. The minimum Gasteiger partial charge on any atom is -0.495 e. The van der Waals surface area contributed by atoms with Crippen LogP contribution in [0, 0.1) is 18.8 Å². The number of rotatable bonds is 2. The lowest BCUT2D eigenvalue weighted by Gasteiger charge is -2.07. The number of ether oxygens (including phenoxy) is 1. The fourth-order valence-electron chi connectivity index (χ4n) is 2.89. The second-order valence-electron chi connectivity index (χ2n) is 5.57. The molecule has 0 unspecified atom stereocenters. The van der Waals surface area contributed by atoms with Crippen molar-refractivity contribution in [3.63, 3.8) is 0 Å². The number of allylic oxidation sites excluding steroid dienone is 2. The number of benzene rings is 2. The highest BCUT2D eigenvalue weighted by molar-refractivity contribution is 5.72. The van der Waals surface area contributed by atoms with Crippen molar-refractivity contribution >= 4 is 5.57 Å². The summed E-state index contributed by atoms with van der Waals surface area (Å²) in [6.45, 7) is 2.07. The average molecular weight is 288 g/mol. The van der Waals surface area contributed by atoms with E-state index in [0.29, 0.717) is 0 Å². The predicted molar refractivity (Wildman–Crippen MR) is 92.0 cm³/mol. The van der Waals surface area contributed by atoms with Crippen molar-refractivity contribution in [1.82, 2.24) is 0 Å². The van der Waals surface area contributed by atoms with Crippen LogP contribution in [-0.4, -0.2) is 7.11 Å². The Bertz CT molecular complexity index is 772. The van der Waals surface area contributed by atoms with Gasteiger partial charge in [0.2, 0.25) is 0 Å². The largest absolute Gasteiger partial charge is 0.495 e. The van der Waals surface area contributed by atoms with E-state index in [9.17, 15) is 0 Å². The van der Waals surface area contributed by atoms with Gasteiger partial charge in [-0.3, -0.25) is 0 Å². The molecule has 3 rings (SSSR count). The summed E-state index contributed by atoms with van der Waals surface area (Å²) >= 11 is 0. The first-order valence-corrected chi connectivity index (χ1v) is 7.73. The Labute approximate surface area is 132 Å². The van der Waals surface area contributed by atoms with Gasteiger partial charge in [-0.1, -0.05) is 48.2 Å². The molecule has 1 nitrogen and oxygen atoms in total. The molecule has 0 saturated heterocycles. The van der Waals surface area contributed by atoms with Gasteiger partial charge in [0.05, 0.1) is 12.7 Å². The molecule has 2 aromatic carbocycles. The van der Waals surface area contributed by atoms with E-state index in [0.717, 1.165) is 28.9 Å². The van der Waals surface area contributed by atoms with E-state index in [2.05, 4.69) is 55.2 Å². The van der Waals surface area contributed by atoms with Gasteiger partial charge in [-0.2, -0.15) is 0 Å². The van der Waals surface area contributed by atoms with Crippen LogP contribution in [0.3, 0.4) is 0 Å². The van der Waals surface area contributed by atoms with Crippen LogP contribution < -0.4 is 4.74 Å². The van der Waals surface area contributed by atoms with Crippen molar-refractivity contribution in [2.45, 2.75) is 26.2 Å². The van der Waals surface area contributed by atoms with Gasteiger partial charge in [-0.15, -0.1) is 0 Å². The highest BCUT2D eigenvalue weighted by Crippen LogP contribution is 2.29. The van der Waals surface area contributed by atoms with E-state index >= 15 is 0 Å². The fraction of sp³-hybridized carbons (Fsp3) is 0.238. The molecule has 0 aliphatic heterocycles. The van der Waals surface area contributed by atoms with Crippen LogP contribution in [0.4, 0.5) is 0 Å². The van der Waals surface area contributed by atoms with Gasteiger partial charge in [0, 0.05) is 5.56 Å². The van der Waals surface area contributed by atoms with E-state index in [1.165, 1.54) is 24.0 Å². The van der Waals surface area contributed by atoms with Gasteiger partial charge < -0.3 is 4.74 Å². The van der Waals surface area contributed by atoms with Crippen LogP contribution in [0.15, 0.2) is 48.5 Å². The lowest BCUT2D eigenvalue weighted by Crippen LogP contribution is -1.91. The lowest BCUT2D eigenvalue weighted by molar-refractivity contribution is 0.413. The molecule has 0 fully saturated rings. The molecular weight excluding hydrogens is 268 g/mol. The first kappa shape index (κ1) is 14.5. The Morgan fingerprint density at radius 1 is 1.00 bits per heavy atom. The Balaban J connectivity index is 2.02. The topological polar surface area (TPSA) is 9.23 Å². The second kappa shape index (κ2) is 6.54. The van der Waals surface area contributed by atoms with Crippen LogP contribution in [0.25, 0.3) is 5.57 Å². The molecule has 0 saturated carbocycles. The Morgan fingerprint density at radius 3 is 2.64 bits per heavy atom. The molecule has 0 aromatic heterocycles. The first-order chi connectivity index (χ1) is 10.8. The monoisotopic (exact) mass is 288 g/mol. The molecule has 0 spiro atoms. The van der Waals surface area contributed by atoms with Crippen LogP contribution in [0.1, 0.15) is 41.5 Å². The molecule has 0 radical (unpaired) electrons. The zero-order valence-electron chi connectivity index (χ0n) is 13.1. The molecular formula is C21H20O. The third-order valence-corrected chi connectivity index (χ3v) is 4.09. The number of hydrogen-bond donors (Lipinski definition) is 0. The van der Waals surface area contributed by atoms with Crippen molar-refractivity contribution in [3.8, 4) is 17.6 Å². The van der Waals surface area contributed by atoms with E-state index in [1.807, 2.05) is 12.1 Å². The Kier molecular flexibility index (Phi) is 4.30. The Morgan fingerprint density at radius 2 is 1.86 bits per heavy atom. The molecule has 0 N–H and O–H groups in total. The minimum absolute atomic E-state index is 0.838. The van der Waals surface area contributed by atoms with Crippen LogP contribution >= 0.6 is 0 Å². The average Bonchev–Trinajstić information content (AvgIpc) is 3.08. The highest BCUT2D eigenvalue weighted by atomic mass is 16.5. The minimum atomic E-state index is 0.838. The molecule has 0 heterocycles. The molecule has 1 aliphatic rings. The van der Waals surface area contributed by atoms with Gasteiger partial charge in [-0.25, -0.2) is 0 Å².